The van der Waals surface area contributed by atoms with Crippen LogP contribution in [0.2, 0.25) is 0 Å². The first kappa shape index (κ1) is 9.91. The molecule has 16 heavy (non-hydrogen) atoms. The first-order valence-electron chi connectivity index (χ1n) is 5.93. The lowest BCUT2D eigenvalue weighted by Gasteiger charge is -2.34. The van der Waals surface area contributed by atoms with Crippen LogP contribution in [0.25, 0.3) is 0 Å². The van der Waals surface area contributed by atoms with Gasteiger partial charge in [-0.3, -0.25) is 0 Å². The number of nitrogens with two attached hydrogens (primary N) is 1. The second kappa shape index (κ2) is 3.11. The van der Waals surface area contributed by atoms with E-state index in [1.54, 1.807) is 0 Å². The van der Waals surface area contributed by atoms with Gasteiger partial charge < -0.3 is 10.6 Å². The van der Waals surface area contributed by atoms with Crippen LogP contribution in [-0.4, -0.2) is 17.5 Å². The van der Waals surface area contributed by atoms with Crippen molar-refractivity contribution in [1.29, 1.82) is 0 Å². The minimum Gasteiger partial charge on any atom is -0.351 e. The van der Waals surface area contributed by atoms with E-state index in [1.807, 2.05) is 0 Å². The van der Waals surface area contributed by atoms with Gasteiger partial charge in [0.15, 0.2) is 0 Å². The van der Waals surface area contributed by atoms with E-state index < -0.39 is 0 Å². The molecule has 2 N–H and O–H groups in total. The first-order valence-corrected chi connectivity index (χ1v) is 5.93. The van der Waals surface area contributed by atoms with E-state index in [2.05, 4.69) is 49.3 Å². The number of hydrogen-bond donors (Lipinski definition) is 1. The normalized spacial score (nSPS) is 36.3. The minimum absolute atomic E-state index is 0.253. The topological polar surface area (TPSA) is 29.3 Å². The molecule has 2 heteroatoms. The summed E-state index contributed by atoms with van der Waals surface area (Å²) in [5.74, 6) is 0.342. The van der Waals surface area contributed by atoms with Crippen LogP contribution in [0.5, 0.6) is 0 Å². The summed E-state index contributed by atoms with van der Waals surface area (Å²) >= 11 is 0. The molecule has 1 heterocycles. The lowest BCUT2D eigenvalue weighted by molar-refractivity contribution is 0.408. The molecular weight excluding hydrogens is 196 g/mol. The molecule has 0 fully saturated rings. The van der Waals surface area contributed by atoms with E-state index in [9.17, 15) is 0 Å². The van der Waals surface area contributed by atoms with Crippen LogP contribution >= 0.6 is 0 Å². The van der Waals surface area contributed by atoms with E-state index in [1.165, 1.54) is 17.0 Å². The average Bonchev–Trinajstić information content (AvgIpc) is 2.54. The third kappa shape index (κ3) is 1.17. The van der Waals surface area contributed by atoms with E-state index in [4.69, 9.17) is 5.73 Å². The van der Waals surface area contributed by atoms with Crippen LogP contribution in [0, 0.1) is 5.92 Å². The Morgan fingerprint density at radius 1 is 1.50 bits per heavy atom. The zero-order chi connectivity index (χ0) is 11.3. The second-order valence-electron chi connectivity index (χ2n) is 5.15. The Hall–Kier alpha value is -1.28. The highest BCUT2D eigenvalue weighted by atomic mass is 15.2. The largest absolute Gasteiger partial charge is 0.351 e. The summed E-state index contributed by atoms with van der Waals surface area (Å²) < 4.78 is 0. The molecule has 2 aliphatic carbocycles. The Morgan fingerprint density at radius 3 is 3.12 bits per heavy atom. The number of allylic oxidation sites excluding steroid dienone is 5. The molecule has 0 aromatic rings. The molecule has 0 saturated heterocycles. The van der Waals surface area contributed by atoms with Gasteiger partial charge in [0.05, 0.1) is 0 Å². The maximum Gasteiger partial charge on any atom is 0.0473 e. The predicted molar refractivity (Wildman–Crippen MR) is 66.5 cm³/mol. The number of rotatable bonds is 0. The lowest BCUT2D eigenvalue weighted by Crippen LogP contribution is -2.44. The Morgan fingerprint density at radius 2 is 2.31 bits per heavy atom. The quantitative estimate of drug-likeness (QED) is 0.670. The van der Waals surface area contributed by atoms with Crippen molar-refractivity contribution < 1.29 is 0 Å². The highest BCUT2D eigenvalue weighted by molar-refractivity contribution is 5.50. The third-order valence-electron chi connectivity index (χ3n) is 3.92. The summed E-state index contributed by atoms with van der Waals surface area (Å²) in [6.45, 7) is 2.12. The summed E-state index contributed by atoms with van der Waals surface area (Å²) in [4.78, 5) is 2.33. The fourth-order valence-electron chi connectivity index (χ4n) is 3.12. The SMILES string of the molecule is CN1C2=CC=CC(C)(N)C2C2=C1CCC=C2. The molecular formula is C14H18N2. The van der Waals surface area contributed by atoms with E-state index in [0.29, 0.717) is 5.92 Å². The molecule has 0 saturated carbocycles. The van der Waals surface area contributed by atoms with Gasteiger partial charge in [0, 0.05) is 29.9 Å². The fraction of sp³-hybridized carbons (Fsp3) is 0.429. The van der Waals surface area contributed by atoms with Gasteiger partial charge in [-0.15, -0.1) is 0 Å². The van der Waals surface area contributed by atoms with Gasteiger partial charge in [0.25, 0.3) is 0 Å². The predicted octanol–water partition coefficient (Wildman–Crippen LogP) is 2.32. The third-order valence-corrected chi connectivity index (χ3v) is 3.92. The Balaban J connectivity index is 2.14. The molecule has 1 aliphatic heterocycles. The Labute approximate surface area is 96.8 Å². The van der Waals surface area contributed by atoms with Crippen molar-refractivity contribution in [2.45, 2.75) is 25.3 Å². The van der Waals surface area contributed by atoms with Gasteiger partial charge in [0.1, 0.15) is 0 Å². The van der Waals surface area contributed by atoms with Crippen molar-refractivity contribution in [3.63, 3.8) is 0 Å². The van der Waals surface area contributed by atoms with E-state index >= 15 is 0 Å². The molecule has 0 radical (unpaired) electrons. The van der Waals surface area contributed by atoms with Crippen LogP contribution in [-0.2, 0) is 0 Å². The molecule has 0 amide bonds. The molecule has 0 aromatic carbocycles. The number of fused-ring (bicyclic) bond motifs is 2. The van der Waals surface area contributed by atoms with Gasteiger partial charge in [-0.25, -0.2) is 0 Å². The zero-order valence-corrected chi connectivity index (χ0v) is 9.90. The fourth-order valence-corrected chi connectivity index (χ4v) is 3.12. The summed E-state index contributed by atoms with van der Waals surface area (Å²) in [6, 6.07) is 0. The van der Waals surface area contributed by atoms with Crippen LogP contribution in [0.3, 0.4) is 0 Å². The van der Waals surface area contributed by atoms with Gasteiger partial charge in [-0.2, -0.15) is 0 Å². The number of hydrogen-bond acceptors (Lipinski definition) is 2. The standard InChI is InChI=1S/C14H18N2/c1-14(15)9-5-8-12-13(14)10-6-3-4-7-11(10)16(12)2/h3,5-6,8-9,13H,4,7,15H2,1-2H3. The molecule has 3 aliphatic rings. The summed E-state index contributed by atoms with van der Waals surface area (Å²) in [5.41, 5.74) is 10.4. The average molecular weight is 214 g/mol. The summed E-state index contributed by atoms with van der Waals surface area (Å²) in [7, 11) is 2.16. The zero-order valence-electron chi connectivity index (χ0n) is 9.90. The number of nitrogens with zero attached hydrogens (tertiary/aromatic N) is 1. The molecule has 3 rings (SSSR count). The van der Waals surface area contributed by atoms with Gasteiger partial charge in [0.2, 0.25) is 0 Å². The minimum atomic E-state index is -0.253. The van der Waals surface area contributed by atoms with Crippen LogP contribution in [0.15, 0.2) is 47.3 Å². The van der Waals surface area contributed by atoms with Crippen molar-refractivity contribution in [2.24, 2.45) is 11.7 Å². The lowest BCUT2D eigenvalue weighted by atomic mass is 9.76. The second-order valence-corrected chi connectivity index (χ2v) is 5.15. The molecule has 2 nitrogen and oxygen atoms in total. The molecule has 84 valence electrons. The van der Waals surface area contributed by atoms with Gasteiger partial charge >= 0.3 is 0 Å². The maximum atomic E-state index is 6.41. The highest BCUT2D eigenvalue weighted by Crippen LogP contribution is 2.46. The van der Waals surface area contributed by atoms with E-state index in [-0.39, 0.29) is 5.54 Å². The molecule has 0 aromatic heterocycles. The van der Waals surface area contributed by atoms with Crippen molar-refractivity contribution in [1.82, 2.24) is 4.90 Å². The molecule has 2 unspecified atom stereocenters. The first-order chi connectivity index (χ1) is 7.61. The summed E-state index contributed by atoms with van der Waals surface area (Å²) in [6.07, 6.45) is 13.2. The summed E-state index contributed by atoms with van der Waals surface area (Å²) in [5, 5.41) is 0. The Kier molecular flexibility index (Phi) is 1.93. The van der Waals surface area contributed by atoms with Gasteiger partial charge in [-0.1, -0.05) is 24.3 Å². The molecule has 0 bridgehead atoms. The Bertz CT molecular complexity index is 449. The molecule has 0 spiro atoms. The van der Waals surface area contributed by atoms with Crippen molar-refractivity contribution in [2.75, 3.05) is 7.05 Å². The van der Waals surface area contributed by atoms with E-state index in [0.717, 1.165) is 12.8 Å². The van der Waals surface area contributed by atoms with Crippen LogP contribution < -0.4 is 5.73 Å². The van der Waals surface area contributed by atoms with Crippen LogP contribution in [0.4, 0.5) is 0 Å². The highest BCUT2D eigenvalue weighted by Gasteiger charge is 2.43. The monoisotopic (exact) mass is 214 g/mol. The van der Waals surface area contributed by atoms with Crippen LogP contribution in [0.1, 0.15) is 19.8 Å². The maximum absolute atomic E-state index is 6.41. The van der Waals surface area contributed by atoms with Crippen molar-refractivity contribution in [3.8, 4) is 0 Å². The molecule has 2 atom stereocenters. The van der Waals surface area contributed by atoms with Crippen molar-refractivity contribution >= 4 is 0 Å². The van der Waals surface area contributed by atoms with Crippen molar-refractivity contribution in [3.05, 3.63) is 47.3 Å². The van der Waals surface area contributed by atoms with Gasteiger partial charge in [-0.05, 0) is 31.4 Å². The smallest absolute Gasteiger partial charge is 0.0473 e.